The average molecular weight is 308 g/mol. The van der Waals surface area contributed by atoms with E-state index in [1.54, 1.807) is 24.3 Å². The minimum absolute atomic E-state index is 0.0405. The number of hydrazone groups is 1. The maximum absolute atomic E-state index is 12.3. The van der Waals surface area contributed by atoms with Gasteiger partial charge in [0.15, 0.2) is 0 Å². The molecule has 23 heavy (non-hydrogen) atoms. The van der Waals surface area contributed by atoms with Crippen molar-refractivity contribution in [2.45, 2.75) is 25.7 Å². The Kier molecular flexibility index (Phi) is 3.90. The summed E-state index contributed by atoms with van der Waals surface area (Å²) in [6.07, 6.45) is 0.844. The van der Waals surface area contributed by atoms with Gasteiger partial charge in [0.2, 0.25) is 5.91 Å². The van der Waals surface area contributed by atoms with E-state index in [2.05, 4.69) is 29.6 Å². The quantitative estimate of drug-likeness (QED) is 0.673. The Bertz CT molecular complexity index is 738. The number of rotatable bonds is 4. The zero-order valence-electron chi connectivity index (χ0n) is 13.3. The van der Waals surface area contributed by atoms with Crippen LogP contribution < -0.4 is 5.43 Å². The van der Waals surface area contributed by atoms with Crippen LogP contribution >= 0.6 is 0 Å². The van der Waals surface area contributed by atoms with Crippen LogP contribution in [0.3, 0.4) is 0 Å². The van der Waals surface area contributed by atoms with Gasteiger partial charge in [0, 0.05) is 5.41 Å². The first-order valence-corrected chi connectivity index (χ1v) is 7.70. The average Bonchev–Trinajstić information content (AvgIpc) is 3.27. The highest BCUT2D eigenvalue weighted by Gasteiger charge is 2.55. The first-order valence-electron chi connectivity index (χ1n) is 7.70. The minimum Gasteiger partial charge on any atom is -0.508 e. The standard InChI is InChI=1S/C19H20N2O2/c1-13(14-8-10-16(22)11-9-14)20-21-18(23)17-12-19(17,2)15-6-4-3-5-7-15/h3-11,17,22H,12H2,1-2H3,(H,21,23)/b20-13+/t17-,19+/m0/s1. The molecule has 4 nitrogen and oxygen atoms in total. The van der Waals surface area contributed by atoms with E-state index in [0.717, 1.165) is 12.0 Å². The Hall–Kier alpha value is -2.62. The smallest absolute Gasteiger partial charge is 0.244 e. The summed E-state index contributed by atoms with van der Waals surface area (Å²) in [6, 6.07) is 16.9. The fraction of sp³-hybridized carbons (Fsp3) is 0.263. The molecule has 0 aromatic heterocycles. The Labute approximate surface area is 135 Å². The topological polar surface area (TPSA) is 61.7 Å². The van der Waals surface area contributed by atoms with Gasteiger partial charge >= 0.3 is 0 Å². The molecule has 0 radical (unpaired) electrons. The molecule has 0 spiro atoms. The molecule has 0 unspecified atom stereocenters. The third-order valence-corrected chi connectivity index (χ3v) is 4.61. The van der Waals surface area contributed by atoms with Crippen molar-refractivity contribution >= 4 is 11.6 Å². The van der Waals surface area contributed by atoms with Crippen LogP contribution in [-0.4, -0.2) is 16.7 Å². The van der Waals surface area contributed by atoms with Crippen LogP contribution in [-0.2, 0) is 10.2 Å². The maximum Gasteiger partial charge on any atom is 0.244 e. The summed E-state index contributed by atoms with van der Waals surface area (Å²) in [6.45, 7) is 3.94. The van der Waals surface area contributed by atoms with E-state index in [0.29, 0.717) is 5.71 Å². The van der Waals surface area contributed by atoms with E-state index in [-0.39, 0.29) is 23.0 Å². The molecule has 0 bridgehead atoms. The van der Waals surface area contributed by atoms with Gasteiger partial charge in [-0.1, -0.05) is 37.3 Å². The SMILES string of the molecule is C/C(=N\NC(=O)[C@@H]1C[C@]1(C)c1ccccc1)c1ccc(O)cc1. The molecule has 0 heterocycles. The molecule has 2 N–H and O–H groups in total. The predicted molar refractivity (Wildman–Crippen MR) is 90.4 cm³/mol. The number of benzene rings is 2. The van der Waals surface area contributed by atoms with Crippen molar-refractivity contribution < 1.29 is 9.90 Å². The van der Waals surface area contributed by atoms with Crippen molar-refractivity contribution in [3.8, 4) is 5.75 Å². The van der Waals surface area contributed by atoms with Crippen LogP contribution in [0.2, 0.25) is 0 Å². The van der Waals surface area contributed by atoms with Crippen molar-refractivity contribution in [3.05, 3.63) is 65.7 Å². The highest BCUT2D eigenvalue weighted by molar-refractivity contribution is 5.99. The Balaban J connectivity index is 1.65. The van der Waals surface area contributed by atoms with Crippen LogP contribution in [0.15, 0.2) is 59.7 Å². The molecular formula is C19H20N2O2. The summed E-state index contributed by atoms with van der Waals surface area (Å²) in [7, 11) is 0. The third-order valence-electron chi connectivity index (χ3n) is 4.61. The van der Waals surface area contributed by atoms with E-state index < -0.39 is 0 Å². The number of carbonyl (C=O) groups is 1. The summed E-state index contributed by atoms with van der Waals surface area (Å²) < 4.78 is 0. The highest BCUT2D eigenvalue weighted by atomic mass is 16.3. The number of phenolic OH excluding ortho intramolecular Hbond substituents is 1. The lowest BCUT2D eigenvalue weighted by atomic mass is 9.95. The Morgan fingerprint density at radius 1 is 1.17 bits per heavy atom. The first-order chi connectivity index (χ1) is 11.0. The second-order valence-corrected chi connectivity index (χ2v) is 6.26. The number of aromatic hydroxyl groups is 1. The van der Waals surface area contributed by atoms with Crippen LogP contribution in [0, 0.1) is 5.92 Å². The molecule has 1 amide bonds. The monoisotopic (exact) mass is 308 g/mol. The summed E-state index contributed by atoms with van der Waals surface area (Å²) in [4.78, 5) is 12.3. The number of hydrogen-bond donors (Lipinski definition) is 2. The molecule has 1 fully saturated rings. The second-order valence-electron chi connectivity index (χ2n) is 6.26. The lowest BCUT2D eigenvalue weighted by Crippen LogP contribution is -2.24. The first kappa shape index (κ1) is 15.3. The van der Waals surface area contributed by atoms with E-state index in [9.17, 15) is 9.90 Å². The maximum atomic E-state index is 12.3. The number of hydrogen-bond acceptors (Lipinski definition) is 3. The molecule has 4 heteroatoms. The molecular weight excluding hydrogens is 288 g/mol. The van der Waals surface area contributed by atoms with Gasteiger partial charge in [-0.25, -0.2) is 5.43 Å². The van der Waals surface area contributed by atoms with Crippen molar-refractivity contribution in [1.82, 2.24) is 5.43 Å². The van der Waals surface area contributed by atoms with Crippen molar-refractivity contribution in [2.24, 2.45) is 11.0 Å². The molecule has 2 atom stereocenters. The lowest BCUT2D eigenvalue weighted by Gasteiger charge is -2.11. The summed E-state index contributed by atoms with van der Waals surface area (Å²) in [5.74, 6) is 0.123. The van der Waals surface area contributed by atoms with Crippen LogP contribution in [0.1, 0.15) is 31.4 Å². The molecule has 118 valence electrons. The number of amides is 1. The molecule has 2 aromatic carbocycles. The molecule has 0 saturated heterocycles. The van der Waals surface area contributed by atoms with Crippen LogP contribution in [0.5, 0.6) is 5.75 Å². The van der Waals surface area contributed by atoms with Gasteiger partial charge in [0.25, 0.3) is 0 Å². The normalized spacial score (nSPS) is 23.4. The summed E-state index contributed by atoms with van der Waals surface area (Å²) in [5, 5.41) is 13.5. The lowest BCUT2D eigenvalue weighted by molar-refractivity contribution is -0.122. The summed E-state index contributed by atoms with van der Waals surface area (Å²) >= 11 is 0. The largest absolute Gasteiger partial charge is 0.508 e. The zero-order chi connectivity index (χ0) is 16.4. The molecule has 1 aliphatic carbocycles. The molecule has 1 aliphatic rings. The fourth-order valence-electron chi connectivity index (χ4n) is 2.87. The summed E-state index contributed by atoms with van der Waals surface area (Å²) in [5.41, 5.74) is 5.35. The van der Waals surface area contributed by atoms with Gasteiger partial charge in [-0.05, 0) is 48.7 Å². The zero-order valence-corrected chi connectivity index (χ0v) is 13.3. The van der Waals surface area contributed by atoms with Crippen molar-refractivity contribution in [2.75, 3.05) is 0 Å². The van der Waals surface area contributed by atoms with Crippen molar-refractivity contribution in [3.63, 3.8) is 0 Å². The predicted octanol–water partition coefficient (Wildman–Crippen LogP) is 3.21. The molecule has 2 aromatic rings. The van der Waals surface area contributed by atoms with E-state index in [1.165, 1.54) is 5.56 Å². The van der Waals surface area contributed by atoms with Crippen LogP contribution in [0.4, 0.5) is 0 Å². The van der Waals surface area contributed by atoms with Gasteiger partial charge in [-0.3, -0.25) is 4.79 Å². The van der Waals surface area contributed by atoms with Gasteiger partial charge < -0.3 is 5.11 Å². The minimum atomic E-state index is -0.0900. The van der Waals surface area contributed by atoms with Gasteiger partial charge in [0.1, 0.15) is 5.75 Å². The van der Waals surface area contributed by atoms with E-state index in [1.807, 2.05) is 25.1 Å². The van der Waals surface area contributed by atoms with Gasteiger partial charge in [0.05, 0.1) is 11.6 Å². The Morgan fingerprint density at radius 3 is 2.48 bits per heavy atom. The number of phenols is 1. The number of nitrogens with zero attached hydrogens (tertiary/aromatic N) is 1. The van der Waals surface area contributed by atoms with Gasteiger partial charge in [-0.2, -0.15) is 5.10 Å². The third kappa shape index (κ3) is 3.11. The fourth-order valence-corrected chi connectivity index (χ4v) is 2.87. The molecule has 3 rings (SSSR count). The van der Waals surface area contributed by atoms with E-state index >= 15 is 0 Å². The second kappa shape index (κ2) is 5.88. The van der Waals surface area contributed by atoms with Crippen LogP contribution in [0.25, 0.3) is 0 Å². The van der Waals surface area contributed by atoms with E-state index in [4.69, 9.17) is 0 Å². The number of carbonyl (C=O) groups excluding carboxylic acids is 1. The Morgan fingerprint density at radius 2 is 1.83 bits per heavy atom. The van der Waals surface area contributed by atoms with Gasteiger partial charge in [-0.15, -0.1) is 0 Å². The molecule has 1 saturated carbocycles. The molecule has 0 aliphatic heterocycles. The van der Waals surface area contributed by atoms with Crippen molar-refractivity contribution in [1.29, 1.82) is 0 Å². The highest BCUT2D eigenvalue weighted by Crippen LogP contribution is 2.53. The number of nitrogens with one attached hydrogen (secondary N) is 1.